The molecule has 5 heterocycles. The van der Waals surface area contributed by atoms with Crippen LogP contribution in [-0.2, 0) is 12.8 Å². The quantitative estimate of drug-likeness (QED) is 0.0908. The summed E-state index contributed by atoms with van der Waals surface area (Å²) in [7, 11) is 0. The zero-order chi connectivity index (χ0) is 31.5. The lowest BCUT2D eigenvalue weighted by molar-refractivity contribution is 0.516. The van der Waals surface area contributed by atoms with Crippen LogP contribution in [0, 0.1) is 11.6 Å². The van der Waals surface area contributed by atoms with Gasteiger partial charge in [0.1, 0.15) is 11.0 Å². The first-order valence-electron chi connectivity index (χ1n) is 16.0. The first kappa shape index (κ1) is 34.1. The fraction of sp³-hybridized carbons (Fsp3) is 0.471. The highest BCUT2D eigenvalue weighted by atomic mass is 79.9. The number of benzene rings is 1. The maximum Gasteiger partial charge on any atom is 0.170 e. The second kappa shape index (κ2) is 15.6. The highest BCUT2D eigenvalue weighted by Crippen LogP contribution is 2.50. The van der Waals surface area contributed by atoms with Crippen LogP contribution in [0.3, 0.4) is 0 Å². The van der Waals surface area contributed by atoms with Crippen molar-refractivity contribution in [1.82, 2.24) is 8.75 Å². The molecule has 240 valence electrons. The summed E-state index contributed by atoms with van der Waals surface area (Å²) in [6.07, 6.45) is 16.9. The van der Waals surface area contributed by atoms with E-state index in [1.165, 1.54) is 75.3 Å². The summed E-state index contributed by atoms with van der Waals surface area (Å²) in [5.74, 6) is -1.67. The highest BCUT2D eigenvalue weighted by molar-refractivity contribution is 9.11. The van der Waals surface area contributed by atoms with Crippen molar-refractivity contribution < 1.29 is 8.78 Å². The molecule has 11 heteroatoms. The molecule has 0 N–H and O–H groups in total. The van der Waals surface area contributed by atoms with Gasteiger partial charge >= 0.3 is 0 Å². The summed E-state index contributed by atoms with van der Waals surface area (Å²) >= 11 is 15.0. The van der Waals surface area contributed by atoms with Crippen molar-refractivity contribution in [2.75, 3.05) is 0 Å². The minimum absolute atomic E-state index is 0.236. The molecule has 0 aliphatic heterocycles. The van der Waals surface area contributed by atoms with Crippen molar-refractivity contribution in [1.29, 1.82) is 0 Å². The molecule has 0 radical (unpaired) electrons. The average Bonchev–Trinajstić information content (AvgIpc) is 3.83. The van der Waals surface area contributed by atoms with E-state index in [-0.39, 0.29) is 11.1 Å². The lowest BCUT2D eigenvalue weighted by atomic mass is 10.0. The molecule has 0 atom stereocenters. The number of aromatic nitrogens is 2. The van der Waals surface area contributed by atoms with Crippen molar-refractivity contribution in [3.63, 3.8) is 0 Å². The molecule has 45 heavy (non-hydrogen) atoms. The number of aryl methyl sites for hydroxylation is 2. The van der Waals surface area contributed by atoms with E-state index in [9.17, 15) is 0 Å². The van der Waals surface area contributed by atoms with E-state index in [4.69, 9.17) is 0 Å². The van der Waals surface area contributed by atoms with Gasteiger partial charge in [0.25, 0.3) is 0 Å². The first-order valence-corrected chi connectivity index (χ1v) is 21.6. The molecule has 0 aliphatic rings. The lowest BCUT2D eigenvalue weighted by Crippen LogP contribution is -1.95. The van der Waals surface area contributed by atoms with Crippen LogP contribution in [0.2, 0.25) is 0 Å². The minimum Gasteiger partial charge on any atom is -0.203 e. The fourth-order valence-electron chi connectivity index (χ4n) is 6.04. The normalized spacial score (nSPS) is 12.1. The third-order valence-corrected chi connectivity index (χ3v) is 15.5. The SMILES string of the molecule is CCCCCCCCc1c(Br)sc2cc(-c3c(F)c(F)c(-c4cc5sc(Br)c(CCCCCCCC)c5s4)c4nsnc34)sc12. The second-order valence-electron chi connectivity index (χ2n) is 11.7. The average molecular weight is 831 g/mol. The molecule has 0 fully saturated rings. The first-order chi connectivity index (χ1) is 21.9. The Labute approximate surface area is 300 Å². The molecule has 6 aromatic rings. The van der Waals surface area contributed by atoms with E-state index in [1.54, 1.807) is 45.3 Å². The van der Waals surface area contributed by atoms with Gasteiger partial charge in [-0.05, 0) is 80.8 Å². The van der Waals surface area contributed by atoms with Gasteiger partial charge in [0.15, 0.2) is 11.6 Å². The topological polar surface area (TPSA) is 25.8 Å². The van der Waals surface area contributed by atoms with Gasteiger partial charge in [-0.1, -0.05) is 78.1 Å². The highest BCUT2D eigenvalue weighted by Gasteiger charge is 2.28. The predicted molar refractivity (Wildman–Crippen MR) is 204 cm³/mol. The van der Waals surface area contributed by atoms with Gasteiger partial charge in [0.2, 0.25) is 0 Å². The molecule has 2 nitrogen and oxygen atoms in total. The Hall–Kier alpha value is -0.820. The molecule has 0 saturated carbocycles. The Morgan fingerprint density at radius 2 is 0.978 bits per heavy atom. The number of rotatable bonds is 16. The van der Waals surface area contributed by atoms with Crippen molar-refractivity contribution in [2.24, 2.45) is 0 Å². The zero-order valence-corrected chi connectivity index (χ0v) is 32.8. The zero-order valence-electron chi connectivity index (χ0n) is 25.5. The summed E-state index contributed by atoms with van der Waals surface area (Å²) in [6.45, 7) is 4.48. The van der Waals surface area contributed by atoms with E-state index >= 15 is 8.78 Å². The molecule has 0 amide bonds. The molecule has 6 rings (SSSR count). The van der Waals surface area contributed by atoms with Crippen molar-refractivity contribution in [3.8, 4) is 20.9 Å². The van der Waals surface area contributed by atoms with Gasteiger partial charge in [-0.25, -0.2) is 8.78 Å². The molecule has 5 aromatic heterocycles. The molecule has 0 spiro atoms. The van der Waals surface area contributed by atoms with Crippen LogP contribution in [0.4, 0.5) is 8.78 Å². The van der Waals surface area contributed by atoms with Crippen LogP contribution >= 0.6 is 88.9 Å². The van der Waals surface area contributed by atoms with Crippen LogP contribution in [0.15, 0.2) is 19.7 Å². The molecular weight excluding hydrogens is 795 g/mol. The monoisotopic (exact) mass is 828 g/mol. The molecule has 0 bridgehead atoms. The molecule has 0 saturated heterocycles. The molecular formula is C34H36Br2F2N2S5. The van der Waals surface area contributed by atoms with Crippen LogP contribution in [0.5, 0.6) is 0 Å². The Morgan fingerprint density at radius 1 is 0.578 bits per heavy atom. The van der Waals surface area contributed by atoms with Gasteiger partial charge in [-0.15, -0.1) is 45.3 Å². The predicted octanol–water partition coefficient (Wildman–Crippen LogP) is 15.2. The molecule has 0 aliphatic carbocycles. The Morgan fingerprint density at radius 3 is 1.40 bits per heavy atom. The van der Waals surface area contributed by atoms with Crippen molar-refractivity contribution >= 4 is 119 Å². The molecule has 1 aromatic carbocycles. The van der Waals surface area contributed by atoms with Gasteiger partial charge in [-0.3, -0.25) is 0 Å². The second-order valence-corrected chi connectivity index (χ2v) is 19.1. The van der Waals surface area contributed by atoms with E-state index in [0.29, 0.717) is 20.8 Å². The number of unbranched alkanes of at least 4 members (excludes halogenated alkanes) is 10. The largest absolute Gasteiger partial charge is 0.203 e. The van der Waals surface area contributed by atoms with Gasteiger partial charge < -0.3 is 0 Å². The summed E-state index contributed by atoms with van der Waals surface area (Å²) in [5, 5.41) is 0. The number of nitrogens with zero attached hydrogens (tertiary/aromatic N) is 2. The summed E-state index contributed by atoms with van der Waals surface area (Å²) in [6, 6.07) is 4.01. The van der Waals surface area contributed by atoms with Crippen LogP contribution in [0.25, 0.3) is 50.7 Å². The van der Waals surface area contributed by atoms with E-state index in [1.807, 2.05) is 12.1 Å². The van der Waals surface area contributed by atoms with Crippen LogP contribution in [-0.4, -0.2) is 8.75 Å². The Kier molecular flexibility index (Phi) is 11.8. The Balaban J connectivity index is 1.30. The molecule has 0 unspecified atom stereocenters. The number of thiophene rings is 4. The van der Waals surface area contributed by atoms with Crippen LogP contribution < -0.4 is 0 Å². The summed E-state index contributed by atoms with van der Waals surface area (Å²) in [4.78, 5) is 1.43. The van der Waals surface area contributed by atoms with E-state index in [0.717, 1.165) is 63.8 Å². The number of fused-ring (bicyclic) bond motifs is 3. The summed E-state index contributed by atoms with van der Waals surface area (Å²) in [5.41, 5.74) is 3.94. The maximum absolute atomic E-state index is 16.2. The number of hydrogen-bond acceptors (Lipinski definition) is 7. The third kappa shape index (κ3) is 7.15. The van der Waals surface area contributed by atoms with Crippen molar-refractivity contribution in [3.05, 3.63) is 42.5 Å². The summed E-state index contributed by atoms with van der Waals surface area (Å²) < 4.78 is 48.3. The fourth-order valence-corrected chi connectivity index (χ4v) is 13.7. The third-order valence-electron chi connectivity index (χ3n) is 8.47. The standard InChI is InChI=1S/C34H36Br2F2N2S5/c1-3-5-7-9-11-13-15-19-31-23(43-33(19)35)17-21(41-31)25-27(37)28(38)26(30-29(25)39-45-40-30)22-18-24-32(42-22)20(34(36)44-24)16-14-12-10-8-6-4-2/h17-18H,3-16H2,1-2H3. The van der Waals surface area contributed by atoms with Gasteiger partial charge in [-0.2, -0.15) is 8.75 Å². The van der Waals surface area contributed by atoms with Gasteiger partial charge in [0.05, 0.1) is 39.8 Å². The Bertz CT molecular complexity index is 1780. The maximum atomic E-state index is 16.2. The smallest absolute Gasteiger partial charge is 0.170 e. The van der Waals surface area contributed by atoms with Crippen LogP contribution in [0.1, 0.15) is 102 Å². The van der Waals surface area contributed by atoms with E-state index < -0.39 is 11.6 Å². The van der Waals surface area contributed by atoms with E-state index in [2.05, 4.69) is 54.5 Å². The minimum atomic E-state index is -0.833. The number of halogens is 4. The lowest BCUT2D eigenvalue weighted by Gasteiger charge is -2.08. The van der Waals surface area contributed by atoms with Gasteiger partial charge in [0, 0.05) is 19.2 Å². The number of hydrogen-bond donors (Lipinski definition) is 0. The van der Waals surface area contributed by atoms with Crippen molar-refractivity contribution in [2.45, 2.75) is 104 Å².